The lowest BCUT2D eigenvalue weighted by Gasteiger charge is -1.98. The number of aromatic nitrogens is 4. The van der Waals surface area contributed by atoms with Crippen LogP contribution in [0.15, 0.2) is 73.1 Å². The van der Waals surface area contributed by atoms with Crippen LogP contribution in [0.4, 0.5) is 0 Å². The lowest BCUT2D eigenvalue weighted by atomic mass is 10.2. The van der Waals surface area contributed by atoms with E-state index in [1.54, 1.807) is 0 Å². The Balaban J connectivity index is 1.43. The van der Waals surface area contributed by atoms with Crippen molar-refractivity contribution in [3.63, 3.8) is 0 Å². The molecule has 0 aliphatic heterocycles. The Morgan fingerprint density at radius 1 is 0.583 bits per heavy atom. The molecule has 4 nitrogen and oxygen atoms in total. The molecule has 0 saturated carbocycles. The Bertz CT molecular complexity index is 829. The van der Waals surface area contributed by atoms with Crippen molar-refractivity contribution in [3.05, 3.63) is 84.4 Å². The Kier molecular flexibility index (Phi) is 3.94. The van der Waals surface area contributed by atoms with E-state index in [1.165, 1.54) is 0 Å². The van der Waals surface area contributed by atoms with Crippen molar-refractivity contribution in [3.8, 4) is 22.8 Å². The molecule has 0 saturated heterocycles. The van der Waals surface area contributed by atoms with Crippen LogP contribution in [-0.4, -0.2) is 19.9 Å². The molecule has 0 aliphatic rings. The highest BCUT2D eigenvalue weighted by atomic mass is 14.9. The fourth-order valence-electron chi connectivity index (χ4n) is 2.73. The van der Waals surface area contributed by atoms with Crippen LogP contribution in [0.25, 0.3) is 22.8 Å². The summed E-state index contributed by atoms with van der Waals surface area (Å²) >= 11 is 0. The number of hydrogen-bond acceptors (Lipinski definition) is 2. The number of imidazole rings is 2. The topological polar surface area (TPSA) is 57.4 Å². The standard InChI is InChI=1S/C20H18N4/c1-3-7-15(8-4-1)19-21-13-17(23-19)11-12-18-14-22-20(24-18)16-9-5-2-6-10-16/h1-10,13-14H,11-12H2,(H,21,23)(H,22,24). The number of rotatable bonds is 5. The Labute approximate surface area is 140 Å². The summed E-state index contributed by atoms with van der Waals surface area (Å²) in [6.45, 7) is 0. The molecule has 118 valence electrons. The Morgan fingerprint density at radius 3 is 1.42 bits per heavy atom. The number of hydrogen-bond donors (Lipinski definition) is 2. The summed E-state index contributed by atoms with van der Waals surface area (Å²) in [6, 6.07) is 20.3. The van der Waals surface area contributed by atoms with Crippen LogP contribution in [0.3, 0.4) is 0 Å². The molecule has 0 fully saturated rings. The predicted octanol–water partition coefficient (Wildman–Crippen LogP) is 4.25. The maximum atomic E-state index is 4.47. The van der Waals surface area contributed by atoms with E-state index >= 15 is 0 Å². The summed E-state index contributed by atoms with van der Waals surface area (Å²) in [7, 11) is 0. The quantitative estimate of drug-likeness (QED) is 0.578. The summed E-state index contributed by atoms with van der Waals surface area (Å²) in [5.41, 5.74) is 4.47. The van der Waals surface area contributed by atoms with Gasteiger partial charge < -0.3 is 9.97 Å². The molecule has 0 spiro atoms. The average molecular weight is 314 g/mol. The van der Waals surface area contributed by atoms with E-state index in [4.69, 9.17) is 0 Å². The summed E-state index contributed by atoms with van der Waals surface area (Å²) in [5, 5.41) is 0. The number of nitrogens with one attached hydrogen (secondary N) is 2. The molecule has 2 aromatic carbocycles. The molecule has 0 unspecified atom stereocenters. The third-order valence-corrected chi connectivity index (χ3v) is 4.02. The molecule has 0 aliphatic carbocycles. The van der Waals surface area contributed by atoms with Crippen LogP contribution in [0, 0.1) is 0 Å². The number of nitrogens with zero attached hydrogens (tertiary/aromatic N) is 2. The van der Waals surface area contributed by atoms with Crippen LogP contribution in [0.5, 0.6) is 0 Å². The summed E-state index contributed by atoms with van der Waals surface area (Å²) in [4.78, 5) is 15.7. The van der Waals surface area contributed by atoms with Crippen LogP contribution < -0.4 is 0 Å². The van der Waals surface area contributed by atoms with Crippen molar-refractivity contribution in [1.29, 1.82) is 0 Å². The van der Waals surface area contributed by atoms with Crippen molar-refractivity contribution in [1.82, 2.24) is 19.9 Å². The molecule has 0 bridgehead atoms. The third-order valence-electron chi connectivity index (χ3n) is 4.02. The van der Waals surface area contributed by atoms with Gasteiger partial charge in [-0.25, -0.2) is 9.97 Å². The largest absolute Gasteiger partial charge is 0.342 e. The van der Waals surface area contributed by atoms with E-state index < -0.39 is 0 Å². The molecule has 2 aromatic heterocycles. The van der Waals surface area contributed by atoms with Crippen molar-refractivity contribution < 1.29 is 0 Å². The molecular weight excluding hydrogens is 296 g/mol. The van der Waals surface area contributed by atoms with Gasteiger partial charge in [0.25, 0.3) is 0 Å². The minimum absolute atomic E-state index is 0.899. The van der Waals surface area contributed by atoms with E-state index in [9.17, 15) is 0 Å². The molecule has 4 rings (SSSR count). The first-order chi connectivity index (χ1) is 11.9. The SMILES string of the molecule is c1ccc(-c2ncc(CCc3cnc(-c4ccccc4)[nH]3)[nH]2)cc1. The minimum atomic E-state index is 0.899. The van der Waals surface area contributed by atoms with Gasteiger partial charge in [-0.05, 0) is 12.8 Å². The third kappa shape index (κ3) is 3.13. The van der Waals surface area contributed by atoms with Crippen molar-refractivity contribution in [2.75, 3.05) is 0 Å². The zero-order chi connectivity index (χ0) is 16.2. The lowest BCUT2D eigenvalue weighted by Crippen LogP contribution is -1.92. The predicted molar refractivity (Wildman–Crippen MR) is 95.5 cm³/mol. The second kappa shape index (κ2) is 6.54. The highest BCUT2D eigenvalue weighted by Gasteiger charge is 2.06. The van der Waals surface area contributed by atoms with Gasteiger partial charge in [0, 0.05) is 34.9 Å². The second-order valence-electron chi connectivity index (χ2n) is 5.75. The maximum Gasteiger partial charge on any atom is 0.137 e. The smallest absolute Gasteiger partial charge is 0.137 e. The Hall–Kier alpha value is -3.14. The number of benzene rings is 2. The molecule has 2 N–H and O–H groups in total. The summed E-state index contributed by atoms with van der Waals surface area (Å²) in [6.07, 6.45) is 5.63. The van der Waals surface area contributed by atoms with Crippen molar-refractivity contribution in [2.45, 2.75) is 12.8 Å². The van der Waals surface area contributed by atoms with Gasteiger partial charge in [0.05, 0.1) is 0 Å². The van der Waals surface area contributed by atoms with Crippen LogP contribution in [0.2, 0.25) is 0 Å². The van der Waals surface area contributed by atoms with E-state index in [2.05, 4.69) is 44.2 Å². The van der Waals surface area contributed by atoms with Gasteiger partial charge in [-0.1, -0.05) is 60.7 Å². The monoisotopic (exact) mass is 314 g/mol. The van der Waals surface area contributed by atoms with Gasteiger partial charge in [0.15, 0.2) is 0 Å². The van der Waals surface area contributed by atoms with Gasteiger partial charge in [-0.2, -0.15) is 0 Å². The molecule has 0 radical (unpaired) electrons. The second-order valence-corrected chi connectivity index (χ2v) is 5.75. The Morgan fingerprint density at radius 2 is 1.00 bits per heavy atom. The van der Waals surface area contributed by atoms with E-state index in [-0.39, 0.29) is 0 Å². The lowest BCUT2D eigenvalue weighted by molar-refractivity contribution is 0.899. The van der Waals surface area contributed by atoms with Crippen LogP contribution in [-0.2, 0) is 12.8 Å². The molecular formula is C20H18N4. The fraction of sp³-hybridized carbons (Fsp3) is 0.100. The summed E-state index contributed by atoms with van der Waals surface area (Å²) < 4.78 is 0. The van der Waals surface area contributed by atoms with Gasteiger partial charge >= 0.3 is 0 Å². The molecule has 2 heterocycles. The van der Waals surface area contributed by atoms with E-state index in [0.717, 1.165) is 47.0 Å². The first-order valence-electron chi connectivity index (χ1n) is 8.07. The van der Waals surface area contributed by atoms with Crippen molar-refractivity contribution >= 4 is 0 Å². The van der Waals surface area contributed by atoms with Gasteiger partial charge in [0.1, 0.15) is 11.6 Å². The number of aryl methyl sites for hydroxylation is 2. The van der Waals surface area contributed by atoms with E-state index in [0.29, 0.717) is 0 Å². The van der Waals surface area contributed by atoms with Gasteiger partial charge in [-0.15, -0.1) is 0 Å². The minimum Gasteiger partial charge on any atom is -0.342 e. The molecule has 0 atom stereocenters. The fourth-order valence-corrected chi connectivity index (χ4v) is 2.73. The van der Waals surface area contributed by atoms with Gasteiger partial charge in [-0.3, -0.25) is 0 Å². The zero-order valence-electron chi connectivity index (χ0n) is 13.2. The highest BCUT2D eigenvalue weighted by molar-refractivity contribution is 5.55. The average Bonchev–Trinajstić information content (AvgIpc) is 3.31. The summed E-state index contributed by atoms with van der Waals surface area (Å²) in [5.74, 6) is 1.83. The number of aromatic amines is 2. The highest BCUT2D eigenvalue weighted by Crippen LogP contribution is 2.17. The molecule has 4 heteroatoms. The maximum absolute atomic E-state index is 4.47. The zero-order valence-corrected chi connectivity index (χ0v) is 13.2. The molecule has 24 heavy (non-hydrogen) atoms. The number of H-pyrrole nitrogens is 2. The van der Waals surface area contributed by atoms with Crippen LogP contribution >= 0.6 is 0 Å². The van der Waals surface area contributed by atoms with Crippen molar-refractivity contribution in [2.24, 2.45) is 0 Å². The first kappa shape index (κ1) is 14.5. The first-order valence-corrected chi connectivity index (χ1v) is 8.07. The normalized spacial score (nSPS) is 10.8. The van der Waals surface area contributed by atoms with E-state index in [1.807, 2.05) is 48.8 Å². The molecule has 4 aromatic rings. The van der Waals surface area contributed by atoms with Gasteiger partial charge in [0.2, 0.25) is 0 Å². The molecule has 0 amide bonds. The van der Waals surface area contributed by atoms with Crippen LogP contribution in [0.1, 0.15) is 11.4 Å².